The lowest BCUT2D eigenvalue weighted by Gasteiger charge is -2.14. The van der Waals surface area contributed by atoms with Crippen molar-refractivity contribution < 1.29 is 14.6 Å². The Balaban J connectivity index is 1.86. The van der Waals surface area contributed by atoms with Crippen molar-refractivity contribution in [1.82, 2.24) is 4.98 Å². The van der Waals surface area contributed by atoms with E-state index in [0.29, 0.717) is 18.8 Å². The second-order valence-corrected chi connectivity index (χ2v) is 5.09. The van der Waals surface area contributed by atoms with Gasteiger partial charge < -0.3 is 14.6 Å². The molecule has 4 heteroatoms. The van der Waals surface area contributed by atoms with Crippen molar-refractivity contribution in [3.05, 3.63) is 54.4 Å². The molecule has 2 aromatic rings. The van der Waals surface area contributed by atoms with Crippen LogP contribution in [0.1, 0.15) is 31.9 Å². The summed E-state index contributed by atoms with van der Waals surface area (Å²) in [4.78, 5) is 4.10. The number of nitrogens with zero attached hydrogens (tertiary/aromatic N) is 1. The summed E-state index contributed by atoms with van der Waals surface area (Å²) in [5, 5.41) is 10.2. The third-order valence-electron chi connectivity index (χ3n) is 2.89. The van der Waals surface area contributed by atoms with E-state index in [4.69, 9.17) is 9.47 Å². The van der Waals surface area contributed by atoms with E-state index in [1.165, 1.54) is 0 Å². The fourth-order valence-corrected chi connectivity index (χ4v) is 1.93. The second-order valence-electron chi connectivity index (χ2n) is 5.09. The number of aliphatic hydroxyl groups excluding tert-OH is 1. The first kappa shape index (κ1) is 15.3. The summed E-state index contributed by atoms with van der Waals surface area (Å²) in [5.41, 5.74) is 0.741. The minimum absolute atomic E-state index is 0.0839. The Morgan fingerprint density at radius 3 is 2.57 bits per heavy atom. The van der Waals surface area contributed by atoms with Crippen LogP contribution in [0.2, 0.25) is 0 Å². The van der Waals surface area contributed by atoms with Gasteiger partial charge in [-0.2, -0.15) is 0 Å². The normalized spacial score (nSPS) is 12.2. The molecule has 0 radical (unpaired) electrons. The van der Waals surface area contributed by atoms with Crippen LogP contribution in [0.5, 0.6) is 11.5 Å². The van der Waals surface area contributed by atoms with Gasteiger partial charge in [0, 0.05) is 18.2 Å². The summed E-state index contributed by atoms with van der Waals surface area (Å²) >= 11 is 0. The number of para-hydroxylation sites is 1. The van der Waals surface area contributed by atoms with E-state index >= 15 is 0 Å². The molecule has 1 heterocycles. The topological polar surface area (TPSA) is 51.6 Å². The van der Waals surface area contributed by atoms with Gasteiger partial charge in [0.25, 0.3) is 0 Å². The quantitative estimate of drug-likeness (QED) is 0.848. The van der Waals surface area contributed by atoms with Crippen LogP contribution in [0.15, 0.2) is 48.8 Å². The molecule has 112 valence electrons. The van der Waals surface area contributed by atoms with Crippen molar-refractivity contribution in [3.8, 4) is 11.5 Å². The summed E-state index contributed by atoms with van der Waals surface area (Å²) in [6, 6.07) is 11.4. The smallest absolute Gasteiger partial charge is 0.138 e. The van der Waals surface area contributed by atoms with Gasteiger partial charge in [-0.1, -0.05) is 18.2 Å². The van der Waals surface area contributed by atoms with Crippen molar-refractivity contribution in [2.24, 2.45) is 0 Å². The first-order valence-electron chi connectivity index (χ1n) is 7.12. The number of hydrogen-bond acceptors (Lipinski definition) is 4. The largest absolute Gasteiger partial charge is 0.493 e. The molecule has 21 heavy (non-hydrogen) atoms. The van der Waals surface area contributed by atoms with Crippen molar-refractivity contribution >= 4 is 0 Å². The van der Waals surface area contributed by atoms with Crippen LogP contribution in [0.4, 0.5) is 0 Å². The fraction of sp³-hybridized carbons (Fsp3) is 0.353. The van der Waals surface area contributed by atoms with Crippen LogP contribution < -0.4 is 9.47 Å². The molecule has 0 aliphatic heterocycles. The lowest BCUT2D eigenvalue weighted by atomic mass is 10.1. The number of rotatable bonds is 7. The van der Waals surface area contributed by atoms with Crippen molar-refractivity contribution in [1.29, 1.82) is 0 Å². The predicted octanol–water partition coefficient (Wildman–Crippen LogP) is 3.37. The number of benzene rings is 1. The van der Waals surface area contributed by atoms with E-state index in [2.05, 4.69) is 4.98 Å². The molecule has 1 aromatic carbocycles. The van der Waals surface area contributed by atoms with E-state index in [1.807, 2.05) is 50.2 Å². The van der Waals surface area contributed by atoms with Crippen LogP contribution >= 0.6 is 0 Å². The molecule has 0 bridgehead atoms. The standard InChI is InChI=1S/C17H21NO3/c1-13(2)21-16-10-14(11-18-12-16)17(19)8-9-20-15-6-4-3-5-7-15/h3-7,10-13,17,19H,8-9H2,1-2H3. The molecule has 2 rings (SSSR count). The predicted molar refractivity (Wildman–Crippen MR) is 81.5 cm³/mol. The monoisotopic (exact) mass is 287 g/mol. The molecular formula is C17H21NO3. The molecule has 1 N–H and O–H groups in total. The SMILES string of the molecule is CC(C)Oc1cncc(C(O)CCOc2ccccc2)c1. The minimum Gasteiger partial charge on any atom is -0.493 e. The van der Waals surface area contributed by atoms with Gasteiger partial charge in [0.15, 0.2) is 0 Å². The minimum atomic E-state index is -0.614. The Labute approximate surface area is 125 Å². The average Bonchev–Trinajstić information content (AvgIpc) is 2.48. The van der Waals surface area contributed by atoms with Crippen LogP contribution in [0.25, 0.3) is 0 Å². The van der Waals surface area contributed by atoms with E-state index in [9.17, 15) is 5.11 Å². The number of pyridine rings is 1. The molecule has 0 spiro atoms. The summed E-state index contributed by atoms with van der Waals surface area (Å²) in [7, 11) is 0. The molecule has 1 unspecified atom stereocenters. The molecule has 1 atom stereocenters. The maximum Gasteiger partial charge on any atom is 0.138 e. The maximum atomic E-state index is 10.2. The molecular weight excluding hydrogens is 266 g/mol. The highest BCUT2D eigenvalue weighted by Gasteiger charge is 2.10. The zero-order valence-electron chi connectivity index (χ0n) is 12.4. The first-order chi connectivity index (χ1) is 10.1. The zero-order valence-corrected chi connectivity index (χ0v) is 12.4. The van der Waals surface area contributed by atoms with Crippen LogP contribution in [0, 0.1) is 0 Å². The number of aliphatic hydroxyl groups is 1. The molecule has 0 saturated carbocycles. The van der Waals surface area contributed by atoms with Gasteiger partial charge in [0.1, 0.15) is 11.5 Å². The summed E-state index contributed by atoms with van der Waals surface area (Å²) in [6.07, 6.45) is 3.27. The molecule has 4 nitrogen and oxygen atoms in total. The third kappa shape index (κ3) is 5.08. The number of aromatic nitrogens is 1. The third-order valence-corrected chi connectivity index (χ3v) is 2.89. The molecule has 0 amide bonds. The van der Waals surface area contributed by atoms with Gasteiger partial charge >= 0.3 is 0 Å². The summed E-state index contributed by atoms with van der Waals surface area (Å²) in [5.74, 6) is 1.48. The van der Waals surface area contributed by atoms with Crippen LogP contribution in [-0.4, -0.2) is 22.8 Å². The van der Waals surface area contributed by atoms with Gasteiger partial charge in [-0.25, -0.2) is 0 Å². The highest BCUT2D eigenvalue weighted by atomic mass is 16.5. The maximum absolute atomic E-state index is 10.2. The van der Waals surface area contributed by atoms with Crippen LogP contribution in [-0.2, 0) is 0 Å². The van der Waals surface area contributed by atoms with E-state index in [0.717, 1.165) is 11.3 Å². The molecule has 0 fully saturated rings. The summed E-state index contributed by atoms with van der Waals surface area (Å²) < 4.78 is 11.2. The van der Waals surface area contributed by atoms with E-state index in [1.54, 1.807) is 12.4 Å². The van der Waals surface area contributed by atoms with Gasteiger partial charge in [-0.15, -0.1) is 0 Å². The molecule has 1 aromatic heterocycles. The molecule has 0 saturated heterocycles. The second kappa shape index (κ2) is 7.64. The number of ether oxygens (including phenoxy) is 2. The lowest BCUT2D eigenvalue weighted by molar-refractivity contribution is 0.139. The zero-order chi connectivity index (χ0) is 15.1. The molecule has 0 aliphatic rings. The lowest BCUT2D eigenvalue weighted by Crippen LogP contribution is -2.08. The van der Waals surface area contributed by atoms with E-state index in [-0.39, 0.29) is 6.10 Å². The summed E-state index contributed by atoms with van der Waals surface area (Å²) in [6.45, 7) is 4.36. The Bertz CT molecular complexity index is 543. The van der Waals surface area contributed by atoms with Gasteiger partial charge in [-0.3, -0.25) is 4.98 Å². The highest BCUT2D eigenvalue weighted by Crippen LogP contribution is 2.21. The average molecular weight is 287 g/mol. The Kier molecular flexibility index (Phi) is 5.58. The van der Waals surface area contributed by atoms with Crippen molar-refractivity contribution in [2.45, 2.75) is 32.5 Å². The van der Waals surface area contributed by atoms with E-state index < -0.39 is 6.10 Å². The van der Waals surface area contributed by atoms with Gasteiger partial charge in [-0.05, 0) is 32.0 Å². The number of hydrogen-bond donors (Lipinski definition) is 1. The van der Waals surface area contributed by atoms with Crippen molar-refractivity contribution in [2.75, 3.05) is 6.61 Å². The Morgan fingerprint density at radius 2 is 1.86 bits per heavy atom. The van der Waals surface area contributed by atoms with Gasteiger partial charge in [0.2, 0.25) is 0 Å². The van der Waals surface area contributed by atoms with Gasteiger partial charge in [0.05, 0.1) is 25.0 Å². The molecule has 0 aliphatic carbocycles. The van der Waals surface area contributed by atoms with Crippen LogP contribution in [0.3, 0.4) is 0 Å². The highest BCUT2D eigenvalue weighted by molar-refractivity contribution is 5.25. The Hall–Kier alpha value is -2.07. The fourth-order valence-electron chi connectivity index (χ4n) is 1.93. The Morgan fingerprint density at radius 1 is 1.10 bits per heavy atom. The van der Waals surface area contributed by atoms with Crippen molar-refractivity contribution in [3.63, 3.8) is 0 Å². The first-order valence-corrected chi connectivity index (χ1v) is 7.12.